The third-order valence-electron chi connectivity index (χ3n) is 1.53. The topological polar surface area (TPSA) is 18.5 Å². The molecule has 0 saturated carbocycles. The first-order valence-corrected chi connectivity index (χ1v) is 5.22. The Hall–Kier alpha value is -1.18. The van der Waals surface area contributed by atoms with Gasteiger partial charge in [-0.15, -0.1) is 0 Å². The van der Waals surface area contributed by atoms with Gasteiger partial charge in [-0.2, -0.15) is 0 Å². The van der Waals surface area contributed by atoms with Crippen molar-refractivity contribution in [1.82, 2.24) is 0 Å². The molecule has 2 nitrogen and oxygen atoms in total. The Labute approximate surface area is 94.2 Å². The second-order valence-electron chi connectivity index (χ2n) is 2.36. The third kappa shape index (κ3) is 4.73. The molecule has 2 rings (SSSR count). The Morgan fingerprint density at radius 3 is 2.07 bits per heavy atom. The van der Waals surface area contributed by atoms with E-state index in [0.717, 1.165) is 11.5 Å². The van der Waals surface area contributed by atoms with Crippen molar-refractivity contribution in [3.8, 4) is 11.5 Å². The highest BCUT2D eigenvalue weighted by Gasteiger charge is 2.11. The van der Waals surface area contributed by atoms with E-state index in [0.29, 0.717) is 6.79 Å². The monoisotopic (exact) mass is 212 g/mol. The molecule has 88 valence electrons. The fourth-order valence-corrected chi connectivity index (χ4v) is 1.00. The van der Waals surface area contributed by atoms with Crippen molar-refractivity contribution in [1.29, 1.82) is 0 Å². The molecule has 0 atom stereocenters. The lowest BCUT2D eigenvalue weighted by Gasteiger charge is -1.94. The Morgan fingerprint density at radius 1 is 0.933 bits per heavy atom. The highest BCUT2D eigenvalue weighted by atomic mass is 16.7. The van der Waals surface area contributed by atoms with Gasteiger partial charge in [-0.1, -0.05) is 41.2 Å². The van der Waals surface area contributed by atoms with E-state index in [2.05, 4.69) is 0 Å². The Balaban J connectivity index is 0. The molecule has 0 spiro atoms. The van der Waals surface area contributed by atoms with Crippen LogP contribution < -0.4 is 9.47 Å². The third-order valence-corrected chi connectivity index (χ3v) is 1.53. The summed E-state index contributed by atoms with van der Waals surface area (Å²) in [5.74, 6) is 1.71. The summed E-state index contributed by atoms with van der Waals surface area (Å²) >= 11 is 0. The SMILES string of the molecule is C.CC.CC.Cc1ccc2c(c1)OCO2. The van der Waals surface area contributed by atoms with Gasteiger partial charge in [-0.25, -0.2) is 0 Å². The normalized spacial score (nSPS) is 9.93. The summed E-state index contributed by atoms with van der Waals surface area (Å²) in [4.78, 5) is 0. The number of ether oxygens (including phenoxy) is 2. The zero-order valence-corrected chi connectivity index (χ0v) is 9.76. The van der Waals surface area contributed by atoms with E-state index in [4.69, 9.17) is 9.47 Å². The van der Waals surface area contributed by atoms with Crippen LogP contribution in [0.15, 0.2) is 18.2 Å². The van der Waals surface area contributed by atoms with Crippen LogP contribution in [0.25, 0.3) is 0 Å². The smallest absolute Gasteiger partial charge is 0.231 e. The number of benzene rings is 1. The second-order valence-corrected chi connectivity index (χ2v) is 2.36. The molecule has 0 aliphatic carbocycles. The van der Waals surface area contributed by atoms with Gasteiger partial charge in [0.2, 0.25) is 6.79 Å². The first kappa shape index (κ1) is 16.3. The van der Waals surface area contributed by atoms with E-state index in [-0.39, 0.29) is 7.43 Å². The van der Waals surface area contributed by atoms with Gasteiger partial charge in [0, 0.05) is 0 Å². The zero-order chi connectivity index (χ0) is 11.0. The Kier molecular flexibility index (Phi) is 10.2. The summed E-state index contributed by atoms with van der Waals surface area (Å²) in [6, 6.07) is 5.91. The van der Waals surface area contributed by atoms with Gasteiger partial charge in [0.1, 0.15) is 0 Å². The second kappa shape index (κ2) is 9.38. The number of rotatable bonds is 0. The van der Waals surface area contributed by atoms with Crippen LogP contribution >= 0.6 is 0 Å². The molecule has 0 saturated heterocycles. The van der Waals surface area contributed by atoms with Gasteiger partial charge in [0.25, 0.3) is 0 Å². The molecule has 0 fully saturated rings. The van der Waals surface area contributed by atoms with Gasteiger partial charge in [-0.3, -0.25) is 0 Å². The van der Waals surface area contributed by atoms with E-state index < -0.39 is 0 Å². The number of fused-ring (bicyclic) bond motifs is 1. The van der Waals surface area contributed by atoms with E-state index in [1.54, 1.807) is 0 Å². The Bertz CT molecular complexity index is 257. The summed E-state index contributed by atoms with van der Waals surface area (Å²) in [5, 5.41) is 0. The summed E-state index contributed by atoms with van der Waals surface area (Å²) in [6.07, 6.45) is 0. The lowest BCUT2D eigenvalue weighted by atomic mass is 10.2. The molecule has 1 aliphatic rings. The highest BCUT2D eigenvalue weighted by molar-refractivity contribution is 5.43. The fraction of sp³-hybridized carbons (Fsp3) is 0.538. The molecule has 1 aromatic rings. The van der Waals surface area contributed by atoms with E-state index >= 15 is 0 Å². The van der Waals surface area contributed by atoms with Crippen molar-refractivity contribution in [3.63, 3.8) is 0 Å². The van der Waals surface area contributed by atoms with Crippen LogP contribution in [-0.4, -0.2) is 6.79 Å². The van der Waals surface area contributed by atoms with Crippen LogP contribution in [0.1, 0.15) is 40.7 Å². The van der Waals surface area contributed by atoms with E-state index in [9.17, 15) is 0 Å². The van der Waals surface area contributed by atoms with Crippen molar-refractivity contribution in [2.45, 2.75) is 42.0 Å². The lowest BCUT2D eigenvalue weighted by Crippen LogP contribution is -1.92. The van der Waals surface area contributed by atoms with Crippen LogP contribution in [0.4, 0.5) is 0 Å². The molecule has 0 radical (unpaired) electrons. The van der Waals surface area contributed by atoms with Crippen LogP contribution in [0.2, 0.25) is 0 Å². The quantitative estimate of drug-likeness (QED) is 0.634. The largest absolute Gasteiger partial charge is 0.454 e. The predicted molar refractivity (Wildman–Crippen MR) is 66.7 cm³/mol. The highest BCUT2D eigenvalue weighted by Crippen LogP contribution is 2.31. The molecular formula is C13H24O2. The van der Waals surface area contributed by atoms with Crippen LogP contribution in [0, 0.1) is 6.92 Å². The van der Waals surface area contributed by atoms with Crippen LogP contribution in [-0.2, 0) is 0 Å². The van der Waals surface area contributed by atoms with Gasteiger partial charge in [0.15, 0.2) is 11.5 Å². The van der Waals surface area contributed by atoms with Crippen molar-refractivity contribution in [3.05, 3.63) is 23.8 Å². The summed E-state index contributed by atoms with van der Waals surface area (Å²) < 4.78 is 10.3. The maximum Gasteiger partial charge on any atom is 0.231 e. The van der Waals surface area contributed by atoms with Crippen molar-refractivity contribution in [2.24, 2.45) is 0 Å². The number of hydrogen-bond acceptors (Lipinski definition) is 2. The minimum atomic E-state index is 0. The number of hydrogen-bond donors (Lipinski definition) is 0. The molecule has 0 aromatic heterocycles. The van der Waals surface area contributed by atoms with Crippen molar-refractivity contribution < 1.29 is 9.47 Å². The number of aryl methyl sites for hydroxylation is 1. The maximum absolute atomic E-state index is 5.16. The first-order valence-electron chi connectivity index (χ1n) is 5.22. The molecule has 0 N–H and O–H groups in total. The summed E-state index contributed by atoms with van der Waals surface area (Å²) in [5.41, 5.74) is 1.20. The van der Waals surface area contributed by atoms with Gasteiger partial charge >= 0.3 is 0 Å². The molecule has 0 amide bonds. The minimum absolute atomic E-state index is 0. The van der Waals surface area contributed by atoms with E-state index in [1.807, 2.05) is 52.8 Å². The summed E-state index contributed by atoms with van der Waals surface area (Å²) in [6.45, 7) is 10.4. The standard InChI is InChI=1S/C8H8O2.2C2H6.CH4/c1-6-2-3-7-8(4-6)10-5-9-7;2*1-2;/h2-4H,5H2,1H3;2*1-2H3;1H4. The van der Waals surface area contributed by atoms with Crippen LogP contribution in [0.5, 0.6) is 11.5 Å². The summed E-state index contributed by atoms with van der Waals surface area (Å²) in [7, 11) is 0. The molecule has 1 aromatic carbocycles. The fourth-order valence-electron chi connectivity index (χ4n) is 1.00. The predicted octanol–water partition coefficient (Wildman–Crippen LogP) is 4.41. The first-order chi connectivity index (χ1) is 6.86. The molecular weight excluding hydrogens is 188 g/mol. The van der Waals surface area contributed by atoms with Gasteiger partial charge in [-0.05, 0) is 24.6 Å². The average molecular weight is 212 g/mol. The van der Waals surface area contributed by atoms with Crippen molar-refractivity contribution in [2.75, 3.05) is 6.79 Å². The van der Waals surface area contributed by atoms with E-state index in [1.165, 1.54) is 5.56 Å². The van der Waals surface area contributed by atoms with Gasteiger partial charge < -0.3 is 9.47 Å². The van der Waals surface area contributed by atoms with Crippen LogP contribution in [0.3, 0.4) is 0 Å². The molecule has 0 bridgehead atoms. The lowest BCUT2D eigenvalue weighted by molar-refractivity contribution is 0.174. The molecule has 2 heteroatoms. The maximum atomic E-state index is 5.16. The molecule has 1 aliphatic heterocycles. The minimum Gasteiger partial charge on any atom is -0.454 e. The van der Waals surface area contributed by atoms with Gasteiger partial charge in [0.05, 0.1) is 0 Å². The zero-order valence-electron chi connectivity index (χ0n) is 9.76. The molecule has 15 heavy (non-hydrogen) atoms. The molecule has 1 heterocycles. The average Bonchev–Trinajstić information content (AvgIpc) is 2.71. The van der Waals surface area contributed by atoms with Crippen molar-refractivity contribution >= 4 is 0 Å². The Morgan fingerprint density at radius 2 is 1.47 bits per heavy atom. The molecule has 0 unspecified atom stereocenters.